The normalized spacial score (nSPS) is 12.9. The number of benzene rings is 1. The number of nitrogens with zero attached hydrogens (tertiary/aromatic N) is 4. The van der Waals surface area contributed by atoms with E-state index in [9.17, 15) is 9.59 Å². The molecule has 1 amide bonds. The Morgan fingerprint density at radius 2 is 1.96 bits per heavy atom. The molecule has 0 aliphatic heterocycles. The van der Waals surface area contributed by atoms with E-state index in [2.05, 4.69) is 20.8 Å². The molecule has 0 saturated heterocycles. The van der Waals surface area contributed by atoms with Crippen molar-refractivity contribution in [2.45, 2.75) is 31.5 Å². The van der Waals surface area contributed by atoms with Crippen LogP contribution in [0.4, 0.5) is 0 Å². The van der Waals surface area contributed by atoms with Gasteiger partial charge in [0.15, 0.2) is 0 Å². The van der Waals surface area contributed by atoms with E-state index in [1.54, 1.807) is 19.2 Å². The fourth-order valence-electron chi connectivity index (χ4n) is 2.30. The molecule has 0 unspecified atom stereocenters. The average Bonchev–Trinajstić information content (AvgIpc) is 3.18. The van der Waals surface area contributed by atoms with Crippen molar-refractivity contribution in [3.63, 3.8) is 0 Å². The zero-order chi connectivity index (χ0) is 19.8. The van der Waals surface area contributed by atoms with Crippen molar-refractivity contribution >= 4 is 23.6 Å². The number of carbonyl (C=O) groups excluding carboxylic acids is 2. The maximum Gasteiger partial charge on any atom is 0.328 e. The molecule has 0 spiro atoms. The van der Waals surface area contributed by atoms with Gasteiger partial charge < -0.3 is 14.8 Å². The minimum atomic E-state index is -0.675. The molecule has 10 heteroatoms. The lowest BCUT2D eigenvalue weighted by atomic mass is 9.99. The number of methoxy groups -OCH3 is 2. The molecule has 0 fully saturated rings. The molecule has 146 valence electrons. The van der Waals surface area contributed by atoms with Crippen molar-refractivity contribution < 1.29 is 19.1 Å². The molecule has 0 aliphatic rings. The zero-order valence-electron chi connectivity index (χ0n) is 15.7. The molecule has 0 bridgehead atoms. The Bertz CT molecular complexity index is 765. The van der Waals surface area contributed by atoms with Gasteiger partial charge in [0.1, 0.15) is 11.8 Å². The van der Waals surface area contributed by atoms with E-state index in [0.717, 1.165) is 17.9 Å². The summed E-state index contributed by atoms with van der Waals surface area (Å²) in [6.45, 7) is 3.84. The van der Waals surface area contributed by atoms with Gasteiger partial charge in [-0.2, -0.15) is 4.68 Å². The molecule has 27 heavy (non-hydrogen) atoms. The number of esters is 1. The Morgan fingerprint density at radius 1 is 1.26 bits per heavy atom. The maximum atomic E-state index is 12.3. The quantitative estimate of drug-likeness (QED) is 0.504. The van der Waals surface area contributed by atoms with Gasteiger partial charge in [0.2, 0.25) is 11.1 Å². The van der Waals surface area contributed by atoms with Gasteiger partial charge >= 0.3 is 5.97 Å². The minimum absolute atomic E-state index is 0.0315. The molecule has 1 heterocycles. The van der Waals surface area contributed by atoms with Crippen molar-refractivity contribution in [1.29, 1.82) is 0 Å². The maximum absolute atomic E-state index is 12.3. The lowest BCUT2D eigenvalue weighted by molar-refractivity contribution is -0.146. The average molecular weight is 393 g/mol. The first-order valence-electron chi connectivity index (χ1n) is 8.42. The van der Waals surface area contributed by atoms with Gasteiger partial charge in [0.25, 0.3) is 0 Å². The van der Waals surface area contributed by atoms with Crippen LogP contribution in [0.15, 0.2) is 29.4 Å². The standard InChI is InChI=1S/C17H23N5O4S/c1-5-11(2)15(16(24)26-4)18-14(23)10-27-17-19-20-21-22(17)12-6-8-13(25-3)9-7-12/h6-9,11,15H,5,10H2,1-4H3,(H,18,23)/t11-,15+/m0/s1. The Balaban J connectivity index is 2.01. The van der Waals surface area contributed by atoms with E-state index in [-0.39, 0.29) is 17.6 Å². The zero-order valence-corrected chi connectivity index (χ0v) is 16.5. The molecule has 0 saturated carbocycles. The van der Waals surface area contributed by atoms with Crippen molar-refractivity contribution in [1.82, 2.24) is 25.5 Å². The monoisotopic (exact) mass is 393 g/mol. The number of aromatic nitrogens is 4. The number of carbonyl (C=O) groups is 2. The summed E-state index contributed by atoms with van der Waals surface area (Å²) in [5, 5.41) is 14.8. The van der Waals surface area contributed by atoms with Crippen molar-refractivity contribution in [3.05, 3.63) is 24.3 Å². The predicted molar refractivity (Wildman–Crippen MR) is 99.8 cm³/mol. The van der Waals surface area contributed by atoms with Gasteiger partial charge in [-0.3, -0.25) is 4.79 Å². The van der Waals surface area contributed by atoms with Crippen molar-refractivity contribution in [2.75, 3.05) is 20.0 Å². The Morgan fingerprint density at radius 3 is 2.56 bits per heavy atom. The summed E-state index contributed by atoms with van der Waals surface area (Å²) in [4.78, 5) is 24.2. The summed E-state index contributed by atoms with van der Waals surface area (Å²) >= 11 is 1.18. The number of hydrogen-bond donors (Lipinski definition) is 1. The molecule has 0 aliphatic carbocycles. The van der Waals surface area contributed by atoms with Gasteiger partial charge in [0, 0.05) is 0 Å². The molecule has 0 radical (unpaired) electrons. The van der Waals surface area contributed by atoms with Crippen molar-refractivity contribution in [3.8, 4) is 11.4 Å². The van der Waals surface area contributed by atoms with E-state index in [1.165, 1.54) is 23.6 Å². The summed E-state index contributed by atoms with van der Waals surface area (Å²) in [7, 11) is 2.90. The number of ether oxygens (including phenoxy) is 2. The predicted octanol–water partition coefficient (Wildman–Crippen LogP) is 1.47. The lowest BCUT2D eigenvalue weighted by Crippen LogP contribution is -2.46. The second kappa shape index (κ2) is 9.91. The molecular weight excluding hydrogens is 370 g/mol. The fraction of sp³-hybridized carbons (Fsp3) is 0.471. The van der Waals surface area contributed by atoms with Crippen LogP contribution in [0, 0.1) is 5.92 Å². The minimum Gasteiger partial charge on any atom is -0.497 e. The number of rotatable bonds is 9. The summed E-state index contributed by atoms with van der Waals surface area (Å²) < 4.78 is 11.4. The number of amides is 1. The third kappa shape index (κ3) is 5.43. The van der Waals surface area contributed by atoms with Gasteiger partial charge in [-0.05, 0) is 40.6 Å². The number of thioether (sulfide) groups is 1. The Hall–Kier alpha value is -2.62. The van der Waals surface area contributed by atoms with Gasteiger partial charge in [0.05, 0.1) is 25.7 Å². The van der Waals surface area contributed by atoms with Crippen LogP contribution in [0.25, 0.3) is 5.69 Å². The highest BCUT2D eigenvalue weighted by Gasteiger charge is 2.26. The van der Waals surface area contributed by atoms with Crippen LogP contribution < -0.4 is 10.1 Å². The fourth-order valence-corrected chi connectivity index (χ4v) is 3.00. The van der Waals surface area contributed by atoms with Crippen LogP contribution in [0.1, 0.15) is 20.3 Å². The van der Waals surface area contributed by atoms with Crippen LogP contribution in [-0.4, -0.2) is 58.1 Å². The van der Waals surface area contributed by atoms with E-state index >= 15 is 0 Å². The summed E-state index contributed by atoms with van der Waals surface area (Å²) in [5.74, 6) is 0.0153. The SMILES string of the molecule is CC[C@H](C)[C@@H](NC(=O)CSc1nnnn1-c1ccc(OC)cc1)C(=O)OC. The second-order valence-corrected chi connectivity index (χ2v) is 6.76. The first kappa shape index (κ1) is 20.7. The van der Waals surface area contributed by atoms with Crippen LogP contribution in [0.2, 0.25) is 0 Å². The van der Waals surface area contributed by atoms with Gasteiger partial charge in [-0.15, -0.1) is 5.10 Å². The van der Waals surface area contributed by atoms with E-state index in [1.807, 2.05) is 26.0 Å². The molecular formula is C17H23N5O4S. The summed E-state index contributed by atoms with van der Waals surface area (Å²) in [6, 6.07) is 6.55. The highest BCUT2D eigenvalue weighted by Crippen LogP contribution is 2.20. The first-order chi connectivity index (χ1) is 13.0. The highest BCUT2D eigenvalue weighted by atomic mass is 32.2. The third-order valence-corrected chi connectivity index (χ3v) is 4.99. The van der Waals surface area contributed by atoms with Crippen LogP contribution in [0.3, 0.4) is 0 Å². The number of nitrogens with one attached hydrogen (secondary N) is 1. The molecule has 2 atom stereocenters. The third-order valence-electron chi connectivity index (χ3n) is 4.07. The second-order valence-electron chi connectivity index (χ2n) is 5.81. The Labute approximate surface area is 161 Å². The van der Waals surface area contributed by atoms with Crippen LogP contribution in [0.5, 0.6) is 5.75 Å². The molecule has 1 N–H and O–H groups in total. The largest absolute Gasteiger partial charge is 0.497 e. The van der Waals surface area contributed by atoms with E-state index in [4.69, 9.17) is 9.47 Å². The number of tetrazole rings is 1. The highest BCUT2D eigenvalue weighted by molar-refractivity contribution is 7.99. The summed E-state index contributed by atoms with van der Waals surface area (Å²) in [6.07, 6.45) is 0.739. The van der Waals surface area contributed by atoms with E-state index < -0.39 is 12.0 Å². The van der Waals surface area contributed by atoms with Gasteiger partial charge in [-0.25, -0.2) is 4.79 Å². The molecule has 1 aromatic heterocycles. The van der Waals surface area contributed by atoms with Crippen molar-refractivity contribution in [2.24, 2.45) is 5.92 Å². The van der Waals surface area contributed by atoms with Crippen LogP contribution >= 0.6 is 11.8 Å². The molecule has 2 aromatic rings. The smallest absolute Gasteiger partial charge is 0.328 e. The summed E-state index contributed by atoms with van der Waals surface area (Å²) in [5.41, 5.74) is 0.746. The topological polar surface area (TPSA) is 108 Å². The molecule has 1 aromatic carbocycles. The first-order valence-corrected chi connectivity index (χ1v) is 9.41. The number of hydrogen-bond acceptors (Lipinski definition) is 8. The lowest BCUT2D eigenvalue weighted by Gasteiger charge is -2.21. The van der Waals surface area contributed by atoms with E-state index in [0.29, 0.717) is 5.16 Å². The molecule has 9 nitrogen and oxygen atoms in total. The van der Waals surface area contributed by atoms with Crippen LogP contribution in [-0.2, 0) is 14.3 Å². The molecule has 2 rings (SSSR count). The van der Waals surface area contributed by atoms with Gasteiger partial charge in [-0.1, -0.05) is 32.0 Å². The Kier molecular flexibility index (Phi) is 7.59.